The van der Waals surface area contributed by atoms with Gasteiger partial charge in [0.15, 0.2) is 0 Å². The number of hydrogen-bond acceptors (Lipinski definition) is 4. The molecule has 2 rings (SSSR count). The number of halogens is 1. The Bertz CT molecular complexity index is 806. The van der Waals surface area contributed by atoms with Gasteiger partial charge in [0.2, 0.25) is 10.0 Å². The molecule has 0 atom stereocenters. The number of amides is 1. The topological polar surface area (TPSA) is 102 Å². The molecule has 0 saturated carbocycles. The van der Waals surface area contributed by atoms with E-state index >= 15 is 0 Å². The number of carbonyl (C=O) groups excluding carboxylic acids is 1. The third kappa shape index (κ3) is 3.61. The smallest absolute Gasteiger partial charge is 0.255 e. The van der Waals surface area contributed by atoms with Crippen LogP contribution in [0.15, 0.2) is 41.4 Å². The Kier molecular flexibility index (Phi) is 4.01. The number of nitrogens with two attached hydrogens (primary N) is 1. The number of nitrogens with one attached hydrogen (secondary N) is 1. The van der Waals surface area contributed by atoms with Crippen LogP contribution in [0.5, 0.6) is 0 Å². The second kappa shape index (κ2) is 5.58. The maximum absolute atomic E-state index is 13.7. The Morgan fingerprint density at radius 2 is 2.00 bits per heavy atom. The summed E-state index contributed by atoms with van der Waals surface area (Å²) in [5, 5.41) is 7.27. The molecule has 3 N–H and O–H groups in total. The molecule has 0 saturated heterocycles. The molecule has 0 aliphatic heterocycles. The van der Waals surface area contributed by atoms with Crippen molar-refractivity contribution in [1.29, 1.82) is 0 Å². The Hall–Kier alpha value is -2.32. The second-order valence-electron chi connectivity index (χ2n) is 4.33. The lowest BCUT2D eigenvalue weighted by molar-refractivity contribution is 0.102. The SMILES string of the molecule is Cc1cc(C(=O)Nc2cc(S(N)(=O)=O)ccc2F)ccn1. The Morgan fingerprint density at radius 3 is 2.62 bits per heavy atom. The van der Waals surface area contributed by atoms with E-state index in [9.17, 15) is 17.6 Å². The van der Waals surface area contributed by atoms with E-state index in [-0.39, 0.29) is 16.1 Å². The zero-order chi connectivity index (χ0) is 15.6. The Labute approximate surface area is 120 Å². The zero-order valence-electron chi connectivity index (χ0n) is 11.0. The molecular weight excluding hydrogens is 297 g/mol. The lowest BCUT2D eigenvalue weighted by Crippen LogP contribution is -2.16. The van der Waals surface area contributed by atoms with Crippen LogP contribution in [0.3, 0.4) is 0 Å². The minimum Gasteiger partial charge on any atom is -0.319 e. The predicted molar refractivity (Wildman–Crippen MR) is 74.7 cm³/mol. The van der Waals surface area contributed by atoms with Crippen molar-refractivity contribution >= 4 is 21.6 Å². The van der Waals surface area contributed by atoms with Gasteiger partial charge in [-0.05, 0) is 37.3 Å². The van der Waals surface area contributed by atoms with Gasteiger partial charge in [-0.1, -0.05) is 0 Å². The van der Waals surface area contributed by atoms with Crippen LogP contribution in [0.2, 0.25) is 0 Å². The first-order valence-electron chi connectivity index (χ1n) is 5.84. The molecule has 1 heterocycles. The summed E-state index contributed by atoms with van der Waals surface area (Å²) in [6.45, 7) is 1.71. The third-order valence-electron chi connectivity index (χ3n) is 2.67. The standard InChI is InChI=1S/C13H12FN3O3S/c1-8-6-9(4-5-16-8)13(18)17-12-7-10(21(15,19)20)2-3-11(12)14/h2-7H,1H3,(H,17,18)(H2,15,19,20). The van der Waals surface area contributed by atoms with E-state index in [0.717, 1.165) is 18.2 Å². The molecule has 0 bridgehead atoms. The highest BCUT2D eigenvalue weighted by Crippen LogP contribution is 2.19. The second-order valence-corrected chi connectivity index (χ2v) is 5.89. The number of nitrogens with zero attached hydrogens (tertiary/aromatic N) is 1. The van der Waals surface area contributed by atoms with Crippen molar-refractivity contribution < 1.29 is 17.6 Å². The van der Waals surface area contributed by atoms with E-state index in [4.69, 9.17) is 5.14 Å². The van der Waals surface area contributed by atoms with Gasteiger partial charge in [0.05, 0.1) is 10.6 Å². The van der Waals surface area contributed by atoms with Crippen molar-refractivity contribution in [3.05, 3.63) is 53.6 Å². The third-order valence-corrected chi connectivity index (χ3v) is 3.58. The summed E-state index contributed by atoms with van der Waals surface area (Å²) >= 11 is 0. The van der Waals surface area contributed by atoms with Crippen molar-refractivity contribution in [2.75, 3.05) is 5.32 Å². The van der Waals surface area contributed by atoms with Gasteiger partial charge in [0.25, 0.3) is 5.91 Å². The number of benzene rings is 1. The molecule has 1 aromatic carbocycles. The van der Waals surface area contributed by atoms with Gasteiger partial charge < -0.3 is 5.32 Å². The Morgan fingerprint density at radius 1 is 1.29 bits per heavy atom. The van der Waals surface area contributed by atoms with Crippen LogP contribution in [0.1, 0.15) is 16.1 Å². The van der Waals surface area contributed by atoms with Crippen molar-refractivity contribution in [2.45, 2.75) is 11.8 Å². The predicted octanol–water partition coefficient (Wildman–Crippen LogP) is 1.43. The number of rotatable bonds is 3. The molecule has 1 aromatic heterocycles. The minimum absolute atomic E-state index is 0.263. The number of anilines is 1. The lowest BCUT2D eigenvalue weighted by Gasteiger charge is -2.08. The largest absolute Gasteiger partial charge is 0.319 e. The fraction of sp³-hybridized carbons (Fsp3) is 0.0769. The number of primary sulfonamides is 1. The highest BCUT2D eigenvalue weighted by atomic mass is 32.2. The molecule has 0 spiro atoms. The summed E-state index contributed by atoms with van der Waals surface area (Å²) in [6.07, 6.45) is 1.45. The van der Waals surface area contributed by atoms with Crippen LogP contribution < -0.4 is 10.5 Å². The average Bonchev–Trinajstić information content (AvgIpc) is 2.40. The summed E-state index contributed by atoms with van der Waals surface area (Å²) in [5.74, 6) is -1.34. The molecule has 21 heavy (non-hydrogen) atoms. The maximum Gasteiger partial charge on any atom is 0.255 e. The summed E-state index contributed by atoms with van der Waals surface area (Å²) in [6, 6.07) is 5.90. The van der Waals surface area contributed by atoms with Crippen LogP contribution in [0.25, 0.3) is 0 Å². The fourth-order valence-corrected chi connectivity index (χ4v) is 2.20. The quantitative estimate of drug-likeness (QED) is 0.895. The van der Waals surface area contributed by atoms with E-state index in [1.54, 1.807) is 6.92 Å². The van der Waals surface area contributed by atoms with Crippen LogP contribution in [-0.2, 0) is 10.0 Å². The van der Waals surface area contributed by atoms with Crippen LogP contribution >= 0.6 is 0 Å². The fourth-order valence-electron chi connectivity index (χ4n) is 1.66. The average molecular weight is 309 g/mol. The van der Waals surface area contributed by atoms with E-state index in [0.29, 0.717) is 5.69 Å². The molecule has 0 aliphatic rings. The number of sulfonamides is 1. The molecule has 6 nitrogen and oxygen atoms in total. The molecule has 0 radical (unpaired) electrons. The number of hydrogen-bond donors (Lipinski definition) is 2. The van der Waals surface area contributed by atoms with Crippen LogP contribution in [0, 0.1) is 12.7 Å². The van der Waals surface area contributed by atoms with E-state index in [1.807, 2.05) is 0 Å². The number of aryl methyl sites for hydroxylation is 1. The minimum atomic E-state index is -3.98. The normalized spacial score (nSPS) is 11.2. The summed E-state index contributed by atoms with van der Waals surface area (Å²) in [4.78, 5) is 15.6. The summed E-state index contributed by atoms with van der Waals surface area (Å²) in [5.41, 5.74) is 0.644. The van der Waals surface area contributed by atoms with Gasteiger partial charge in [0, 0.05) is 17.5 Å². The molecule has 1 amide bonds. The van der Waals surface area contributed by atoms with Crippen molar-refractivity contribution in [3.63, 3.8) is 0 Å². The van der Waals surface area contributed by atoms with E-state index in [2.05, 4.69) is 10.3 Å². The van der Waals surface area contributed by atoms with Gasteiger partial charge in [-0.15, -0.1) is 0 Å². The first-order chi connectivity index (χ1) is 9.77. The van der Waals surface area contributed by atoms with Crippen LogP contribution in [0.4, 0.5) is 10.1 Å². The summed E-state index contributed by atoms with van der Waals surface area (Å²) in [7, 11) is -3.98. The molecular formula is C13H12FN3O3S. The molecule has 110 valence electrons. The van der Waals surface area contributed by atoms with Crippen molar-refractivity contribution in [1.82, 2.24) is 4.98 Å². The lowest BCUT2D eigenvalue weighted by atomic mass is 10.2. The Balaban J connectivity index is 2.33. The number of aromatic nitrogens is 1. The van der Waals surface area contributed by atoms with Crippen molar-refractivity contribution in [2.24, 2.45) is 5.14 Å². The van der Waals surface area contributed by atoms with Crippen LogP contribution in [-0.4, -0.2) is 19.3 Å². The summed E-state index contributed by atoms with van der Waals surface area (Å²) < 4.78 is 36.1. The molecule has 8 heteroatoms. The molecule has 0 unspecified atom stereocenters. The highest BCUT2D eigenvalue weighted by Gasteiger charge is 2.14. The molecule has 0 aliphatic carbocycles. The molecule has 0 fully saturated rings. The number of carbonyl (C=O) groups is 1. The van der Waals surface area contributed by atoms with Gasteiger partial charge in [-0.25, -0.2) is 17.9 Å². The molecule has 2 aromatic rings. The number of pyridine rings is 1. The first kappa shape index (κ1) is 15.1. The first-order valence-corrected chi connectivity index (χ1v) is 7.38. The van der Waals surface area contributed by atoms with E-state index < -0.39 is 21.7 Å². The maximum atomic E-state index is 13.7. The van der Waals surface area contributed by atoms with E-state index in [1.165, 1.54) is 18.3 Å². The monoisotopic (exact) mass is 309 g/mol. The van der Waals surface area contributed by atoms with Crippen molar-refractivity contribution in [3.8, 4) is 0 Å². The zero-order valence-corrected chi connectivity index (χ0v) is 11.8. The van der Waals surface area contributed by atoms with Gasteiger partial charge >= 0.3 is 0 Å². The van der Waals surface area contributed by atoms with Gasteiger partial charge in [-0.3, -0.25) is 9.78 Å². The highest BCUT2D eigenvalue weighted by molar-refractivity contribution is 7.89. The van der Waals surface area contributed by atoms with Gasteiger partial charge in [-0.2, -0.15) is 0 Å². The van der Waals surface area contributed by atoms with Gasteiger partial charge in [0.1, 0.15) is 5.82 Å².